The maximum atomic E-state index is 12.6. The molecule has 0 saturated carbocycles. The zero-order valence-corrected chi connectivity index (χ0v) is 17.1. The monoisotopic (exact) mass is 403 g/mol. The van der Waals surface area contributed by atoms with Crippen LogP contribution in [0.5, 0.6) is 17.2 Å². The lowest BCUT2D eigenvalue weighted by molar-refractivity contribution is -0.128. The standard InChI is InChI=1S/C22H26ClNO4/c1-3-16-13-17(23)7-9-19(16)28-18(4-2)22(25)24-14-15-6-8-20-21(12-15)27-11-5-10-26-20/h6-9,12-13,18H,3-5,10-11,14H2,1-2H3,(H,24,25). The van der Waals surface area contributed by atoms with Crippen LogP contribution < -0.4 is 19.5 Å². The second-order valence-corrected chi connectivity index (χ2v) is 7.11. The van der Waals surface area contributed by atoms with E-state index in [1.165, 1.54) is 0 Å². The summed E-state index contributed by atoms with van der Waals surface area (Å²) >= 11 is 6.05. The SMILES string of the molecule is CCc1cc(Cl)ccc1OC(CC)C(=O)NCc1ccc2c(c1)OCCCO2. The summed E-state index contributed by atoms with van der Waals surface area (Å²) in [6.45, 7) is 5.65. The largest absolute Gasteiger partial charge is 0.490 e. The molecule has 1 aliphatic heterocycles. The molecule has 0 spiro atoms. The van der Waals surface area contributed by atoms with Gasteiger partial charge < -0.3 is 19.5 Å². The molecule has 5 nitrogen and oxygen atoms in total. The first-order valence-corrected chi connectivity index (χ1v) is 10.1. The Bertz CT molecular complexity index is 824. The van der Waals surface area contributed by atoms with Gasteiger partial charge in [-0.1, -0.05) is 31.5 Å². The maximum Gasteiger partial charge on any atom is 0.261 e. The molecule has 3 rings (SSSR count). The fraction of sp³-hybridized carbons (Fsp3) is 0.409. The summed E-state index contributed by atoms with van der Waals surface area (Å²) in [5.41, 5.74) is 1.94. The van der Waals surface area contributed by atoms with Crippen molar-refractivity contribution in [2.45, 2.75) is 45.8 Å². The highest BCUT2D eigenvalue weighted by Gasteiger charge is 2.20. The van der Waals surface area contributed by atoms with Gasteiger partial charge in [-0.3, -0.25) is 4.79 Å². The summed E-state index contributed by atoms with van der Waals surface area (Å²) in [6.07, 6.45) is 1.65. The third-order valence-electron chi connectivity index (χ3n) is 4.61. The number of ether oxygens (including phenoxy) is 3. The number of fused-ring (bicyclic) bond motifs is 1. The van der Waals surface area contributed by atoms with Crippen molar-refractivity contribution in [2.75, 3.05) is 13.2 Å². The predicted molar refractivity (Wildman–Crippen MR) is 109 cm³/mol. The van der Waals surface area contributed by atoms with Gasteiger partial charge in [0.25, 0.3) is 5.91 Å². The van der Waals surface area contributed by atoms with Crippen LogP contribution in [0.2, 0.25) is 5.02 Å². The molecular weight excluding hydrogens is 378 g/mol. The van der Waals surface area contributed by atoms with E-state index in [2.05, 4.69) is 5.32 Å². The van der Waals surface area contributed by atoms with Gasteiger partial charge in [0.15, 0.2) is 17.6 Å². The first-order chi connectivity index (χ1) is 13.6. The second-order valence-electron chi connectivity index (χ2n) is 6.67. The summed E-state index contributed by atoms with van der Waals surface area (Å²) in [7, 11) is 0. The van der Waals surface area contributed by atoms with Crippen LogP contribution in [0, 0.1) is 0 Å². The fourth-order valence-corrected chi connectivity index (χ4v) is 3.23. The van der Waals surface area contributed by atoms with Crippen molar-refractivity contribution in [1.29, 1.82) is 0 Å². The molecule has 0 fully saturated rings. The van der Waals surface area contributed by atoms with Crippen LogP contribution in [-0.2, 0) is 17.8 Å². The summed E-state index contributed by atoms with van der Waals surface area (Å²) in [4.78, 5) is 12.6. The molecule has 2 aromatic rings. The van der Waals surface area contributed by atoms with Crippen LogP contribution in [0.3, 0.4) is 0 Å². The van der Waals surface area contributed by atoms with Gasteiger partial charge >= 0.3 is 0 Å². The molecule has 0 radical (unpaired) electrons. The number of halogens is 1. The minimum atomic E-state index is -0.563. The van der Waals surface area contributed by atoms with Gasteiger partial charge in [-0.2, -0.15) is 0 Å². The number of hydrogen-bond acceptors (Lipinski definition) is 4. The highest BCUT2D eigenvalue weighted by molar-refractivity contribution is 6.30. The number of amides is 1. The van der Waals surface area contributed by atoms with Crippen molar-refractivity contribution in [1.82, 2.24) is 5.32 Å². The van der Waals surface area contributed by atoms with Crippen molar-refractivity contribution >= 4 is 17.5 Å². The van der Waals surface area contributed by atoms with E-state index in [-0.39, 0.29) is 5.91 Å². The molecule has 1 heterocycles. The molecule has 0 saturated heterocycles. The van der Waals surface area contributed by atoms with Gasteiger partial charge in [0.2, 0.25) is 0 Å². The fourth-order valence-electron chi connectivity index (χ4n) is 3.04. The first kappa shape index (κ1) is 20.3. The number of rotatable bonds is 7. The molecule has 0 aromatic heterocycles. The molecule has 1 atom stereocenters. The minimum Gasteiger partial charge on any atom is -0.490 e. The summed E-state index contributed by atoms with van der Waals surface area (Å²) in [6, 6.07) is 11.2. The molecule has 0 bridgehead atoms. The van der Waals surface area contributed by atoms with Crippen LogP contribution in [-0.4, -0.2) is 25.2 Å². The normalized spacial score (nSPS) is 14.1. The van der Waals surface area contributed by atoms with Gasteiger partial charge in [0.05, 0.1) is 13.2 Å². The highest BCUT2D eigenvalue weighted by Crippen LogP contribution is 2.30. The van der Waals surface area contributed by atoms with E-state index < -0.39 is 6.10 Å². The molecule has 1 unspecified atom stereocenters. The zero-order chi connectivity index (χ0) is 19.9. The van der Waals surface area contributed by atoms with E-state index in [1.807, 2.05) is 44.2 Å². The quantitative estimate of drug-likeness (QED) is 0.737. The zero-order valence-electron chi connectivity index (χ0n) is 16.3. The molecular formula is C22H26ClNO4. The summed E-state index contributed by atoms with van der Waals surface area (Å²) in [5, 5.41) is 3.62. The number of hydrogen-bond donors (Lipinski definition) is 1. The number of benzene rings is 2. The summed E-state index contributed by atoms with van der Waals surface area (Å²) in [5.74, 6) is 2.02. The lowest BCUT2D eigenvalue weighted by Gasteiger charge is -2.19. The second kappa shape index (κ2) is 9.69. The Labute approximate surface area is 170 Å². The predicted octanol–water partition coefficient (Wildman–Crippen LogP) is 4.54. The molecule has 0 aliphatic carbocycles. The molecule has 1 aliphatic rings. The van der Waals surface area contributed by atoms with Crippen LogP contribution in [0.15, 0.2) is 36.4 Å². The van der Waals surface area contributed by atoms with E-state index >= 15 is 0 Å². The number of aryl methyl sites for hydroxylation is 1. The number of carbonyl (C=O) groups is 1. The molecule has 2 aromatic carbocycles. The highest BCUT2D eigenvalue weighted by atomic mass is 35.5. The average molecular weight is 404 g/mol. The topological polar surface area (TPSA) is 56.8 Å². The Balaban J connectivity index is 1.62. The minimum absolute atomic E-state index is 0.147. The van der Waals surface area contributed by atoms with Gasteiger partial charge in [0, 0.05) is 18.0 Å². The van der Waals surface area contributed by atoms with Gasteiger partial charge in [-0.05, 0) is 54.3 Å². The third-order valence-corrected chi connectivity index (χ3v) is 4.85. The van der Waals surface area contributed by atoms with E-state index in [0.29, 0.717) is 37.0 Å². The van der Waals surface area contributed by atoms with Crippen molar-refractivity contribution in [2.24, 2.45) is 0 Å². The smallest absolute Gasteiger partial charge is 0.261 e. The molecule has 150 valence electrons. The Morgan fingerprint density at radius 3 is 2.68 bits per heavy atom. The van der Waals surface area contributed by atoms with Gasteiger partial charge in [0.1, 0.15) is 5.75 Å². The van der Waals surface area contributed by atoms with Crippen LogP contribution in [0.4, 0.5) is 0 Å². The maximum absolute atomic E-state index is 12.6. The van der Waals surface area contributed by atoms with E-state index in [0.717, 1.165) is 35.5 Å². The van der Waals surface area contributed by atoms with E-state index in [4.69, 9.17) is 25.8 Å². The molecule has 1 N–H and O–H groups in total. The lowest BCUT2D eigenvalue weighted by Crippen LogP contribution is -2.37. The van der Waals surface area contributed by atoms with Crippen LogP contribution >= 0.6 is 11.6 Å². The van der Waals surface area contributed by atoms with Crippen molar-refractivity contribution in [3.63, 3.8) is 0 Å². The summed E-state index contributed by atoms with van der Waals surface area (Å²) < 4.78 is 17.3. The number of carbonyl (C=O) groups excluding carboxylic acids is 1. The Kier molecular flexibility index (Phi) is 7.04. The lowest BCUT2D eigenvalue weighted by atomic mass is 10.1. The van der Waals surface area contributed by atoms with Gasteiger partial charge in [-0.25, -0.2) is 0 Å². The van der Waals surface area contributed by atoms with Crippen LogP contribution in [0.1, 0.15) is 37.8 Å². The third kappa shape index (κ3) is 5.10. The van der Waals surface area contributed by atoms with Crippen molar-refractivity contribution in [3.05, 3.63) is 52.5 Å². The van der Waals surface area contributed by atoms with Crippen LogP contribution in [0.25, 0.3) is 0 Å². The number of nitrogens with one attached hydrogen (secondary N) is 1. The Hall–Kier alpha value is -2.40. The van der Waals surface area contributed by atoms with Crippen molar-refractivity contribution in [3.8, 4) is 17.2 Å². The first-order valence-electron chi connectivity index (χ1n) is 9.72. The van der Waals surface area contributed by atoms with E-state index in [1.54, 1.807) is 6.07 Å². The Morgan fingerprint density at radius 2 is 1.93 bits per heavy atom. The Morgan fingerprint density at radius 1 is 1.14 bits per heavy atom. The molecule has 6 heteroatoms. The average Bonchev–Trinajstić information content (AvgIpc) is 2.95. The molecule has 28 heavy (non-hydrogen) atoms. The van der Waals surface area contributed by atoms with Crippen molar-refractivity contribution < 1.29 is 19.0 Å². The molecule has 1 amide bonds. The van der Waals surface area contributed by atoms with E-state index in [9.17, 15) is 4.79 Å². The van der Waals surface area contributed by atoms with Gasteiger partial charge in [-0.15, -0.1) is 0 Å².